The van der Waals surface area contributed by atoms with E-state index in [9.17, 15) is 9.59 Å². The molecule has 2 unspecified atom stereocenters. The van der Waals surface area contributed by atoms with Gasteiger partial charge in [0.2, 0.25) is 11.8 Å². The molecule has 0 radical (unpaired) electrons. The van der Waals surface area contributed by atoms with Crippen molar-refractivity contribution in [3.05, 3.63) is 65.7 Å². The van der Waals surface area contributed by atoms with Crippen molar-refractivity contribution in [3.8, 4) is 0 Å². The Morgan fingerprint density at radius 1 is 1.12 bits per heavy atom. The van der Waals surface area contributed by atoms with Crippen LogP contribution in [0.4, 0.5) is 5.69 Å². The van der Waals surface area contributed by atoms with E-state index in [1.807, 2.05) is 54.6 Å². The van der Waals surface area contributed by atoms with Gasteiger partial charge in [-0.2, -0.15) is 0 Å². The van der Waals surface area contributed by atoms with E-state index in [1.165, 1.54) is 0 Å². The Labute approximate surface area is 155 Å². The molecule has 2 aromatic carbocycles. The molecule has 0 aromatic heterocycles. The Hall–Kier alpha value is -2.62. The number of rotatable bonds is 6. The second-order valence-electron chi connectivity index (χ2n) is 7.29. The molecule has 26 heavy (non-hydrogen) atoms. The molecule has 4 nitrogen and oxygen atoms in total. The predicted octanol–water partition coefficient (Wildman–Crippen LogP) is 4.09. The van der Waals surface area contributed by atoms with Gasteiger partial charge in [0, 0.05) is 18.0 Å². The van der Waals surface area contributed by atoms with Gasteiger partial charge in [-0.1, -0.05) is 62.4 Å². The average molecular weight is 350 g/mol. The number of hydrogen-bond acceptors (Lipinski definition) is 2. The van der Waals surface area contributed by atoms with E-state index in [2.05, 4.69) is 24.5 Å². The quantitative estimate of drug-likeness (QED) is 0.824. The zero-order valence-electron chi connectivity index (χ0n) is 15.4. The Kier molecular flexibility index (Phi) is 5.71. The van der Waals surface area contributed by atoms with Crippen LogP contribution in [0.3, 0.4) is 0 Å². The number of anilines is 1. The molecule has 0 aliphatic carbocycles. The van der Waals surface area contributed by atoms with Crippen LogP contribution < -0.4 is 10.6 Å². The summed E-state index contributed by atoms with van der Waals surface area (Å²) < 4.78 is 0. The zero-order valence-corrected chi connectivity index (χ0v) is 15.4. The number of benzene rings is 2. The van der Waals surface area contributed by atoms with Gasteiger partial charge in [-0.3, -0.25) is 9.59 Å². The smallest absolute Gasteiger partial charge is 0.227 e. The van der Waals surface area contributed by atoms with Crippen LogP contribution in [0, 0.1) is 11.8 Å². The van der Waals surface area contributed by atoms with Crippen LogP contribution in [-0.2, 0) is 16.0 Å². The lowest BCUT2D eigenvalue weighted by atomic mass is 9.89. The maximum atomic E-state index is 12.5. The molecular formula is C22H26N2O2. The first-order valence-corrected chi connectivity index (χ1v) is 9.27. The lowest BCUT2D eigenvalue weighted by Crippen LogP contribution is -2.34. The maximum absolute atomic E-state index is 12.5. The lowest BCUT2D eigenvalue weighted by molar-refractivity contribution is -0.123. The van der Waals surface area contributed by atoms with Crippen molar-refractivity contribution in [3.63, 3.8) is 0 Å². The van der Waals surface area contributed by atoms with Gasteiger partial charge in [-0.05, 0) is 36.0 Å². The summed E-state index contributed by atoms with van der Waals surface area (Å²) in [4.78, 5) is 24.8. The van der Waals surface area contributed by atoms with Gasteiger partial charge in [0.15, 0.2) is 0 Å². The third-order valence-corrected chi connectivity index (χ3v) is 4.97. The summed E-state index contributed by atoms with van der Waals surface area (Å²) in [7, 11) is 0. The van der Waals surface area contributed by atoms with Crippen LogP contribution in [0.5, 0.6) is 0 Å². The van der Waals surface area contributed by atoms with Crippen molar-refractivity contribution in [1.29, 1.82) is 0 Å². The van der Waals surface area contributed by atoms with E-state index in [0.717, 1.165) is 16.8 Å². The molecule has 1 aliphatic rings. The van der Waals surface area contributed by atoms with E-state index >= 15 is 0 Å². The third kappa shape index (κ3) is 4.31. The number of hydrogen-bond donors (Lipinski definition) is 2. The summed E-state index contributed by atoms with van der Waals surface area (Å²) in [6, 6.07) is 17.9. The van der Waals surface area contributed by atoms with Crippen molar-refractivity contribution in [2.45, 2.75) is 39.2 Å². The first kappa shape index (κ1) is 18.2. The van der Waals surface area contributed by atoms with Crippen molar-refractivity contribution >= 4 is 17.5 Å². The number of para-hydroxylation sites is 1. The molecule has 4 heteroatoms. The topological polar surface area (TPSA) is 58.2 Å². The summed E-state index contributed by atoms with van der Waals surface area (Å²) in [5.41, 5.74) is 3.14. The molecule has 3 rings (SSSR count). The molecule has 0 saturated heterocycles. The fourth-order valence-electron chi connectivity index (χ4n) is 3.49. The molecule has 136 valence electrons. The van der Waals surface area contributed by atoms with Gasteiger partial charge in [-0.25, -0.2) is 0 Å². The van der Waals surface area contributed by atoms with Crippen molar-refractivity contribution < 1.29 is 9.59 Å². The van der Waals surface area contributed by atoms with Gasteiger partial charge in [0.25, 0.3) is 0 Å². The second kappa shape index (κ2) is 8.17. The zero-order chi connectivity index (χ0) is 18.5. The van der Waals surface area contributed by atoms with Crippen molar-refractivity contribution in [1.82, 2.24) is 5.32 Å². The summed E-state index contributed by atoms with van der Waals surface area (Å²) in [6.45, 7) is 4.20. The summed E-state index contributed by atoms with van der Waals surface area (Å²) in [6.07, 6.45) is 1.61. The van der Waals surface area contributed by atoms with Crippen LogP contribution in [-0.4, -0.2) is 11.8 Å². The molecule has 1 aliphatic heterocycles. The fraction of sp³-hybridized carbons (Fsp3) is 0.364. The molecule has 2 N–H and O–H groups in total. The molecule has 0 bridgehead atoms. The predicted molar refractivity (Wildman–Crippen MR) is 104 cm³/mol. The Morgan fingerprint density at radius 2 is 1.81 bits per heavy atom. The first-order chi connectivity index (χ1) is 12.5. The van der Waals surface area contributed by atoms with E-state index in [-0.39, 0.29) is 23.8 Å². The monoisotopic (exact) mass is 350 g/mol. The number of carbonyl (C=O) groups is 2. The van der Waals surface area contributed by atoms with Gasteiger partial charge in [0.1, 0.15) is 0 Å². The van der Waals surface area contributed by atoms with Crippen LogP contribution in [0.1, 0.15) is 43.9 Å². The summed E-state index contributed by atoms with van der Waals surface area (Å²) in [5, 5.41) is 6.08. The standard InChI is InChI=1S/C22H26N2O2/c1-15(2)21(16-8-4-3-5-9-16)24-20(25)13-12-18-14-17-10-6-7-11-19(17)23-22(18)26/h3-11,15,18,21H,12-14H2,1-2H3,(H,23,26)(H,24,25). The Morgan fingerprint density at radius 3 is 2.54 bits per heavy atom. The van der Waals surface area contributed by atoms with E-state index in [4.69, 9.17) is 0 Å². The molecule has 2 amide bonds. The number of nitrogens with one attached hydrogen (secondary N) is 2. The van der Waals surface area contributed by atoms with Crippen LogP contribution in [0.25, 0.3) is 0 Å². The molecular weight excluding hydrogens is 324 g/mol. The SMILES string of the molecule is CC(C)C(NC(=O)CCC1Cc2ccccc2NC1=O)c1ccccc1. The van der Waals surface area contributed by atoms with E-state index in [0.29, 0.717) is 25.2 Å². The van der Waals surface area contributed by atoms with E-state index in [1.54, 1.807) is 0 Å². The van der Waals surface area contributed by atoms with Gasteiger partial charge < -0.3 is 10.6 Å². The highest BCUT2D eigenvalue weighted by Crippen LogP contribution is 2.28. The highest BCUT2D eigenvalue weighted by atomic mass is 16.2. The highest BCUT2D eigenvalue weighted by molar-refractivity contribution is 5.96. The van der Waals surface area contributed by atoms with E-state index < -0.39 is 0 Å². The fourth-order valence-corrected chi connectivity index (χ4v) is 3.49. The van der Waals surface area contributed by atoms with Crippen LogP contribution >= 0.6 is 0 Å². The van der Waals surface area contributed by atoms with Crippen molar-refractivity contribution in [2.75, 3.05) is 5.32 Å². The number of amides is 2. The first-order valence-electron chi connectivity index (χ1n) is 9.27. The van der Waals surface area contributed by atoms with Gasteiger partial charge in [0.05, 0.1) is 6.04 Å². The molecule has 0 saturated carbocycles. The molecule has 2 atom stereocenters. The minimum Gasteiger partial charge on any atom is -0.349 e. The molecule has 0 spiro atoms. The Balaban J connectivity index is 1.58. The molecule has 1 heterocycles. The number of fused-ring (bicyclic) bond motifs is 1. The highest BCUT2D eigenvalue weighted by Gasteiger charge is 2.27. The van der Waals surface area contributed by atoms with Gasteiger partial charge >= 0.3 is 0 Å². The largest absolute Gasteiger partial charge is 0.349 e. The van der Waals surface area contributed by atoms with Crippen LogP contribution in [0.15, 0.2) is 54.6 Å². The number of carbonyl (C=O) groups excluding carboxylic acids is 2. The lowest BCUT2D eigenvalue weighted by Gasteiger charge is -2.26. The average Bonchev–Trinajstić information content (AvgIpc) is 2.65. The molecule has 2 aromatic rings. The Bertz CT molecular complexity index is 771. The van der Waals surface area contributed by atoms with Gasteiger partial charge in [-0.15, -0.1) is 0 Å². The van der Waals surface area contributed by atoms with Crippen LogP contribution in [0.2, 0.25) is 0 Å². The second-order valence-corrected chi connectivity index (χ2v) is 7.29. The molecule has 0 fully saturated rings. The summed E-state index contributed by atoms with van der Waals surface area (Å²) >= 11 is 0. The normalized spacial score (nSPS) is 17.3. The minimum absolute atomic E-state index is 0.000730. The third-order valence-electron chi connectivity index (χ3n) is 4.97. The summed E-state index contributed by atoms with van der Waals surface area (Å²) in [5.74, 6) is 0.162. The minimum atomic E-state index is -0.148. The maximum Gasteiger partial charge on any atom is 0.227 e. The van der Waals surface area contributed by atoms with Crippen molar-refractivity contribution in [2.24, 2.45) is 11.8 Å².